The lowest BCUT2D eigenvalue weighted by atomic mass is 10.1. The molecule has 2 aromatic rings. The summed E-state index contributed by atoms with van der Waals surface area (Å²) in [7, 11) is 0. The van der Waals surface area contributed by atoms with E-state index in [2.05, 4.69) is 0 Å². The van der Waals surface area contributed by atoms with Gasteiger partial charge >= 0.3 is 5.97 Å². The van der Waals surface area contributed by atoms with Gasteiger partial charge in [-0.15, -0.1) is 0 Å². The van der Waals surface area contributed by atoms with E-state index < -0.39 is 5.97 Å². The molecule has 1 N–H and O–H groups in total. The van der Waals surface area contributed by atoms with Crippen LogP contribution in [0.1, 0.15) is 16.8 Å². The first kappa shape index (κ1) is 13.8. The lowest BCUT2D eigenvalue weighted by Gasteiger charge is -2.09. The second kappa shape index (κ2) is 6.02. The molecule has 0 amide bonds. The molecule has 0 fully saturated rings. The van der Waals surface area contributed by atoms with Gasteiger partial charge in [0.05, 0.1) is 6.54 Å². The number of carboxylic acid groups (broad SMARTS) is 1. The first-order valence-electron chi connectivity index (χ1n) is 6.22. The van der Waals surface area contributed by atoms with Crippen LogP contribution in [-0.2, 0) is 11.3 Å². The number of nitrogens with zero attached hydrogens (tertiary/aromatic N) is 1. The minimum absolute atomic E-state index is 0.0279. The summed E-state index contributed by atoms with van der Waals surface area (Å²) >= 11 is 0. The molecule has 0 atom stereocenters. The molecule has 0 bridgehead atoms. The van der Waals surface area contributed by atoms with Crippen LogP contribution in [-0.4, -0.2) is 15.6 Å². The minimum Gasteiger partial charge on any atom is -0.478 e. The van der Waals surface area contributed by atoms with Crippen molar-refractivity contribution in [3.8, 4) is 0 Å². The van der Waals surface area contributed by atoms with Crippen molar-refractivity contribution in [3.63, 3.8) is 0 Å². The maximum Gasteiger partial charge on any atom is 0.328 e. The number of rotatable bonds is 4. The summed E-state index contributed by atoms with van der Waals surface area (Å²) < 4.78 is 1.70. The minimum atomic E-state index is -0.972. The fourth-order valence-corrected chi connectivity index (χ4v) is 1.91. The zero-order chi connectivity index (χ0) is 14.5. The predicted octanol–water partition coefficient (Wildman–Crippen LogP) is 2.30. The van der Waals surface area contributed by atoms with Gasteiger partial charge in [-0.05, 0) is 30.2 Å². The molecule has 1 heterocycles. The van der Waals surface area contributed by atoms with Crippen molar-refractivity contribution in [2.45, 2.75) is 13.5 Å². The third-order valence-electron chi connectivity index (χ3n) is 3.01. The van der Waals surface area contributed by atoms with Crippen molar-refractivity contribution in [2.75, 3.05) is 0 Å². The third-order valence-corrected chi connectivity index (χ3v) is 3.01. The summed E-state index contributed by atoms with van der Waals surface area (Å²) in [6, 6.07) is 12.6. The van der Waals surface area contributed by atoms with E-state index in [0.717, 1.165) is 22.9 Å². The Kier molecular flexibility index (Phi) is 4.15. The van der Waals surface area contributed by atoms with Gasteiger partial charge in [-0.3, -0.25) is 4.79 Å². The number of aliphatic carboxylic acids is 1. The van der Waals surface area contributed by atoms with E-state index in [1.807, 2.05) is 37.3 Å². The molecule has 102 valence electrons. The quantitative estimate of drug-likeness (QED) is 0.866. The number of carboxylic acids is 1. The van der Waals surface area contributed by atoms with Gasteiger partial charge in [-0.25, -0.2) is 4.79 Å². The van der Waals surface area contributed by atoms with Crippen LogP contribution in [0, 0.1) is 6.92 Å². The highest BCUT2D eigenvalue weighted by molar-refractivity contribution is 5.85. The third kappa shape index (κ3) is 3.45. The van der Waals surface area contributed by atoms with Crippen molar-refractivity contribution in [3.05, 3.63) is 75.7 Å². The average molecular weight is 269 g/mol. The van der Waals surface area contributed by atoms with Gasteiger partial charge in [-0.1, -0.05) is 30.3 Å². The maximum absolute atomic E-state index is 11.8. The molecule has 0 aliphatic carbocycles. The number of hydrogen-bond donors (Lipinski definition) is 1. The Labute approximate surface area is 116 Å². The first-order valence-corrected chi connectivity index (χ1v) is 6.22. The fraction of sp³-hybridized carbons (Fsp3) is 0.125. The number of aromatic nitrogens is 1. The molecule has 0 saturated carbocycles. The Bertz CT molecular complexity index is 696. The monoisotopic (exact) mass is 269 g/mol. The van der Waals surface area contributed by atoms with E-state index in [4.69, 9.17) is 5.11 Å². The van der Waals surface area contributed by atoms with Crippen LogP contribution < -0.4 is 5.56 Å². The standard InChI is InChI=1S/C16H15NO3/c1-12-3-2-4-15(18)17(12)11-14-7-5-13(6-8-14)9-10-16(19)20/h2-10H,11H2,1H3,(H,19,20). The summed E-state index contributed by atoms with van der Waals surface area (Å²) in [5.74, 6) is -0.972. The molecule has 2 rings (SSSR count). The van der Waals surface area contributed by atoms with E-state index in [1.54, 1.807) is 10.6 Å². The Morgan fingerprint density at radius 1 is 1.20 bits per heavy atom. The average Bonchev–Trinajstić information content (AvgIpc) is 2.42. The first-order chi connectivity index (χ1) is 9.56. The highest BCUT2D eigenvalue weighted by Crippen LogP contribution is 2.08. The smallest absolute Gasteiger partial charge is 0.328 e. The van der Waals surface area contributed by atoms with Gasteiger partial charge < -0.3 is 9.67 Å². The second-order valence-electron chi connectivity index (χ2n) is 4.50. The van der Waals surface area contributed by atoms with Crippen LogP contribution in [0.3, 0.4) is 0 Å². The molecule has 0 radical (unpaired) electrons. The molecule has 1 aromatic heterocycles. The van der Waals surface area contributed by atoms with E-state index in [0.29, 0.717) is 6.54 Å². The fourth-order valence-electron chi connectivity index (χ4n) is 1.91. The Morgan fingerprint density at radius 2 is 1.90 bits per heavy atom. The van der Waals surface area contributed by atoms with Crippen LogP contribution in [0.5, 0.6) is 0 Å². The Morgan fingerprint density at radius 3 is 2.50 bits per heavy atom. The molecule has 1 aromatic carbocycles. The topological polar surface area (TPSA) is 59.3 Å². The predicted molar refractivity (Wildman–Crippen MR) is 77.7 cm³/mol. The van der Waals surface area contributed by atoms with Gasteiger partial charge in [-0.2, -0.15) is 0 Å². The van der Waals surface area contributed by atoms with Crippen LogP contribution in [0.2, 0.25) is 0 Å². The largest absolute Gasteiger partial charge is 0.478 e. The van der Waals surface area contributed by atoms with E-state index in [9.17, 15) is 9.59 Å². The summed E-state index contributed by atoms with van der Waals surface area (Å²) in [4.78, 5) is 22.2. The number of carbonyl (C=O) groups is 1. The van der Waals surface area contributed by atoms with Gasteiger partial charge in [0, 0.05) is 17.8 Å². The Balaban J connectivity index is 2.19. The molecular formula is C16H15NO3. The van der Waals surface area contributed by atoms with Gasteiger partial charge in [0.1, 0.15) is 0 Å². The Hall–Kier alpha value is -2.62. The number of benzene rings is 1. The van der Waals surface area contributed by atoms with Crippen molar-refractivity contribution in [1.82, 2.24) is 4.57 Å². The number of hydrogen-bond acceptors (Lipinski definition) is 2. The lowest BCUT2D eigenvalue weighted by molar-refractivity contribution is -0.131. The zero-order valence-electron chi connectivity index (χ0n) is 11.1. The zero-order valence-corrected chi connectivity index (χ0v) is 11.1. The molecule has 4 nitrogen and oxygen atoms in total. The van der Waals surface area contributed by atoms with Crippen LogP contribution >= 0.6 is 0 Å². The molecule has 0 aliphatic rings. The van der Waals surface area contributed by atoms with Crippen molar-refractivity contribution >= 4 is 12.0 Å². The maximum atomic E-state index is 11.8. The van der Waals surface area contributed by atoms with E-state index in [-0.39, 0.29) is 5.56 Å². The van der Waals surface area contributed by atoms with Gasteiger partial charge in [0.25, 0.3) is 5.56 Å². The van der Waals surface area contributed by atoms with Crippen LogP contribution in [0.25, 0.3) is 6.08 Å². The number of aryl methyl sites for hydroxylation is 1. The van der Waals surface area contributed by atoms with Gasteiger partial charge in [0.15, 0.2) is 0 Å². The molecule has 0 saturated heterocycles. The van der Waals surface area contributed by atoms with E-state index >= 15 is 0 Å². The van der Waals surface area contributed by atoms with E-state index in [1.165, 1.54) is 12.1 Å². The molecule has 0 aliphatic heterocycles. The molecule has 20 heavy (non-hydrogen) atoms. The van der Waals surface area contributed by atoms with Crippen molar-refractivity contribution in [2.24, 2.45) is 0 Å². The summed E-state index contributed by atoms with van der Waals surface area (Å²) in [5, 5.41) is 8.56. The summed E-state index contributed by atoms with van der Waals surface area (Å²) in [6.45, 7) is 2.40. The highest BCUT2D eigenvalue weighted by atomic mass is 16.4. The lowest BCUT2D eigenvalue weighted by Crippen LogP contribution is -2.21. The summed E-state index contributed by atoms with van der Waals surface area (Å²) in [6.07, 6.45) is 2.63. The normalized spacial score (nSPS) is 10.8. The summed E-state index contributed by atoms with van der Waals surface area (Å²) in [5.41, 5.74) is 2.69. The second-order valence-corrected chi connectivity index (χ2v) is 4.50. The molecule has 4 heteroatoms. The van der Waals surface area contributed by atoms with Gasteiger partial charge in [0.2, 0.25) is 0 Å². The van der Waals surface area contributed by atoms with Crippen molar-refractivity contribution < 1.29 is 9.90 Å². The molecular weight excluding hydrogens is 254 g/mol. The molecule has 0 spiro atoms. The molecule has 0 unspecified atom stereocenters. The van der Waals surface area contributed by atoms with Crippen LogP contribution in [0.15, 0.2) is 53.3 Å². The van der Waals surface area contributed by atoms with Crippen LogP contribution in [0.4, 0.5) is 0 Å². The highest BCUT2D eigenvalue weighted by Gasteiger charge is 2.00. The van der Waals surface area contributed by atoms with Crippen molar-refractivity contribution in [1.29, 1.82) is 0 Å². The number of pyridine rings is 1. The SMILES string of the molecule is Cc1cccc(=O)n1Cc1ccc(C=CC(=O)O)cc1.